The van der Waals surface area contributed by atoms with Gasteiger partial charge < -0.3 is 25.1 Å². The third kappa shape index (κ3) is 3.73. The van der Waals surface area contributed by atoms with Crippen molar-refractivity contribution in [3.8, 4) is 5.75 Å². The van der Waals surface area contributed by atoms with Crippen LogP contribution < -0.4 is 21.5 Å². The maximum absolute atomic E-state index is 12.2. The predicted octanol–water partition coefficient (Wildman–Crippen LogP) is 2.76. The number of phenols is 1. The minimum absolute atomic E-state index is 0.0360. The molecule has 1 heterocycles. The average Bonchev–Trinajstić information content (AvgIpc) is 3.20. The zero-order valence-corrected chi connectivity index (χ0v) is 16.7. The van der Waals surface area contributed by atoms with Crippen molar-refractivity contribution in [2.75, 3.05) is 24.7 Å². The largest absolute Gasteiger partial charge is 0.505 e. The fourth-order valence-electron chi connectivity index (χ4n) is 2.94. The number of hydrogen-bond acceptors (Lipinski definition) is 7. The highest BCUT2D eigenvalue weighted by Crippen LogP contribution is 2.33. The smallest absolute Gasteiger partial charge is 0.257 e. The monoisotopic (exact) mass is 397 g/mol. The lowest BCUT2D eigenvalue weighted by atomic mass is 10.1. The number of phenolic OH excluding ortho intramolecular Hbond substituents is 1. The van der Waals surface area contributed by atoms with E-state index in [4.69, 9.17) is 4.42 Å². The summed E-state index contributed by atoms with van der Waals surface area (Å²) >= 11 is 0. The number of para-hydroxylation sites is 1. The van der Waals surface area contributed by atoms with Gasteiger partial charge in [-0.2, -0.15) is 0 Å². The van der Waals surface area contributed by atoms with Gasteiger partial charge in [0, 0.05) is 14.1 Å². The van der Waals surface area contributed by atoms with Crippen LogP contribution in [0.25, 0.3) is 0 Å². The highest BCUT2D eigenvalue weighted by Gasteiger charge is 2.25. The molecule has 0 saturated heterocycles. The molecule has 3 aromatic rings. The Morgan fingerprint density at radius 1 is 1.21 bits per heavy atom. The summed E-state index contributed by atoms with van der Waals surface area (Å²) in [6, 6.07) is 6.13. The van der Waals surface area contributed by atoms with Crippen molar-refractivity contribution >= 4 is 23.0 Å². The van der Waals surface area contributed by atoms with Gasteiger partial charge in [-0.1, -0.05) is 13.0 Å². The van der Waals surface area contributed by atoms with Crippen molar-refractivity contribution in [2.24, 2.45) is 0 Å². The molecule has 0 unspecified atom stereocenters. The third-order valence-electron chi connectivity index (χ3n) is 4.71. The lowest BCUT2D eigenvalue weighted by molar-refractivity contribution is 0.0824. The van der Waals surface area contributed by atoms with E-state index < -0.39 is 10.9 Å². The Morgan fingerprint density at radius 3 is 2.52 bits per heavy atom. The molecule has 0 fully saturated rings. The van der Waals surface area contributed by atoms with Crippen LogP contribution in [0.15, 0.2) is 44.5 Å². The van der Waals surface area contributed by atoms with Crippen LogP contribution in [-0.2, 0) is 6.42 Å². The molecule has 29 heavy (non-hydrogen) atoms. The number of anilines is 3. The van der Waals surface area contributed by atoms with Gasteiger partial charge in [0.2, 0.25) is 0 Å². The quantitative estimate of drug-likeness (QED) is 0.415. The Hall–Kier alpha value is -3.55. The predicted molar refractivity (Wildman–Crippen MR) is 111 cm³/mol. The normalized spacial score (nSPS) is 12.0. The number of aryl methyl sites for hydroxylation is 1. The summed E-state index contributed by atoms with van der Waals surface area (Å²) in [6.07, 6.45) is 2.48. The zero-order chi connectivity index (χ0) is 21.3. The number of nitrogens with one attached hydrogen (secondary N) is 2. The molecular formula is C21H23N3O5. The van der Waals surface area contributed by atoms with Crippen LogP contribution in [0.5, 0.6) is 5.75 Å². The second-order valence-electron chi connectivity index (χ2n) is 7.01. The van der Waals surface area contributed by atoms with Crippen molar-refractivity contribution in [3.63, 3.8) is 0 Å². The van der Waals surface area contributed by atoms with Crippen molar-refractivity contribution in [3.05, 3.63) is 67.9 Å². The van der Waals surface area contributed by atoms with Gasteiger partial charge in [0.15, 0.2) is 5.75 Å². The number of nitrogens with zero attached hydrogens (tertiary/aromatic N) is 1. The zero-order valence-electron chi connectivity index (χ0n) is 16.7. The van der Waals surface area contributed by atoms with E-state index in [0.717, 1.165) is 12.0 Å². The minimum Gasteiger partial charge on any atom is -0.505 e. The van der Waals surface area contributed by atoms with Crippen molar-refractivity contribution < 1.29 is 14.3 Å². The van der Waals surface area contributed by atoms with E-state index in [1.807, 2.05) is 19.9 Å². The van der Waals surface area contributed by atoms with E-state index in [0.29, 0.717) is 5.76 Å². The second-order valence-corrected chi connectivity index (χ2v) is 7.01. The van der Waals surface area contributed by atoms with Crippen molar-refractivity contribution in [1.82, 2.24) is 4.90 Å². The molecule has 1 atom stereocenters. The molecule has 0 aliphatic heterocycles. The molecule has 0 saturated carbocycles. The Morgan fingerprint density at radius 2 is 1.90 bits per heavy atom. The highest BCUT2D eigenvalue weighted by atomic mass is 16.3. The molecule has 3 rings (SSSR count). The fourth-order valence-corrected chi connectivity index (χ4v) is 2.94. The number of amides is 1. The van der Waals surface area contributed by atoms with Gasteiger partial charge in [-0.15, -0.1) is 0 Å². The average molecular weight is 397 g/mol. The van der Waals surface area contributed by atoms with Crippen LogP contribution in [0, 0.1) is 0 Å². The van der Waals surface area contributed by atoms with Crippen LogP contribution in [0.2, 0.25) is 0 Å². The van der Waals surface area contributed by atoms with E-state index in [9.17, 15) is 19.5 Å². The summed E-state index contributed by atoms with van der Waals surface area (Å²) in [5.41, 5.74) is 0.0774. The Bertz CT molecular complexity index is 1120. The Balaban J connectivity index is 1.86. The first-order valence-electron chi connectivity index (χ1n) is 9.22. The molecule has 0 spiro atoms. The maximum atomic E-state index is 12.2. The van der Waals surface area contributed by atoms with Crippen LogP contribution in [0.4, 0.5) is 17.1 Å². The van der Waals surface area contributed by atoms with Crippen LogP contribution in [0.1, 0.15) is 41.6 Å². The van der Waals surface area contributed by atoms with E-state index in [1.54, 1.807) is 26.4 Å². The maximum Gasteiger partial charge on any atom is 0.257 e. The first-order chi connectivity index (χ1) is 13.7. The SMILES string of the molecule is CCc1coc([C@H](C)Nc2c(Nc3cccc(C(=O)N(C)C)c3O)c(=O)c2=O)c1. The van der Waals surface area contributed by atoms with Gasteiger partial charge in [0.1, 0.15) is 17.1 Å². The molecule has 8 nitrogen and oxygen atoms in total. The number of hydrogen-bond donors (Lipinski definition) is 3. The van der Waals surface area contributed by atoms with E-state index in [2.05, 4.69) is 10.6 Å². The molecule has 3 N–H and O–H groups in total. The third-order valence-corrected chi connectivity index (χ3v) is 4.71. The lowest BCUT2D eigenvalue weighted by Crippen LogP contribution is -2.37. The summed E-state index contributed by atoms with van der Waals surface area (Å²) in [4.78, 5) is 37.7. The van der Waals surface area contributed by atoms with Crippen molar-refractivity contribution in [1.29, 1.82) is 0 Å². The number of carbonyl (C=O) groups is 1. The first kappa shape index (κ1) is 20.2. The van der Waals surface area contributed by atoms with Crippen LogP contribution >= 0.6 is 0 Å². The van der Waals surface area contributed by atoms with Gasteiger partial charge in [-0.05, 0) is 37.1 Å². The number of aromatic hydroxyl groups is 1. The van der Waals surface area contributed by atoms with Gasteiger partial charge in [0.05, 0.1) is 23.6 Å². The molecule has 1 amide bonds. The first-order valence-corrected chi connectivity index (χ1v) is 9.22. The summed E-state index contributed by atoms with van der Waals surface area (Å²) in [5.74, 6) is -0.0354. The van der Waals surface area contributed by atoms with Gasteiger partial charge in [-0.25, -0.2) is 0 Å². The molecule has 0 aliphatic carbocycles. The number of carbonyl (C=O) groups excluding carboxylic acids is 1. The fraction of sp³-hybridized carbons (Fsp3) is 0.286. The highest BCUT2D eigenvalue weighted by molar-refractivity contribution is 5.99. The van der Waals surface area contributed by atoms with E-state index in [-0.39, 0.29) is 40.3 Å². The summed E-state index contributed by atoms with van der Waals surface area (Å²) < 4.78 is 5.50. The number of rotatable bonds is 7. The van der Waals surface area contributed by atoms with Crippen LogP contribution in [0.3, 0.4) is 0 Å². The van der Waals surface area contributed by atoms with Gasteiger partial charge in [-0.3, -0.25) is 14.4 Å². The number of benzene rings is 1. The molecule has 2 aromatic carbocycles. The summed E-state index contributed by atoms with van der Waals surface area (Å²) in [5, 5.41) is 16.2. The molecule has 8 heteroatoms. The molecular weight excluding hydrogens is 374 g/mol. The Kier molecular flexibility index (Phi) is 5.45. The second kappa shape index (κ2) is 7.83. The molecule has 0 bridgehead atoms. The van der Waals surface area contributed by atoms with E-state index >= 15 is 0 Å². The molecule has 0 aliphatic rings. The summed E-state index contributed by atoms with van der Waals surface area (Å²) in [6.45, 7) is 3.82. The van der Waals surface area contributed by atoms with Gasteiger partial charge in [0.25, 0.3) is 16.8 Å². The standard InChI is InChI=1S/C21H23N3O5/c1-5-12-9-15(29-10-12)11(2)22-16-17(20(27)19(16)26)23-14-8-6-7-13(18(14)25)21(28)24(3)4/h6-11,22-23,25H,5H2,1-4H3/t11-/m0/s1. The summed E-state index contributed by atoms with van der Waals surface area (Å²) in [7, 11) is 3.14. The molecule has 1 aromatic heterocycles. The van der Waals surface area contributed by atoms with E-state index in [1.165, 1.54) is 17.0 Å². The van der Waals surface area contributed by atoms with Gasteiger partial charge >= 0.3 is 0 Å². The van der Waals surface area contributed by atoms with Crippen molar-refractivity contribution in [2.45, 2.75) is 26.3 Å². The lowest BCUT2D eigenvalue weighted by Gasteiger charge is -2.19. The number of furan rings is 1. The topological polar surface area (TPSA) is 112 Å². The molecule has 152 valence electrons. The van der Waals surface area contributed by atoms with Crippen LogP contribution in [-0.4, -0.2) is 30.0 Å². The minimum atomic E-state index is -0.697. The molecule has 0 radical (unpaired) electrons. The Labute approximate surface area is 167 Å².